The Balaban J connectivity index is 1.67. The van der Waals surface area contributed by atoms with Gasteiger partial charge in [0, 0.05) is 32.6 Å². The minimum atomic E-state index is -0.727. The smallest absolute Gasteiger partial charge is 0.258 e. The maximum absolute atomic E-state index is 11.9. The molecule has 0 unspecified atom stereocenters. The van der Waals surface area contributed by atoms with Gasteiger partial charge < -0.3 is 20.1 Å². The van der Waals surface area contributed by atoms with Crippen LogP contribution in [0.5, 0.6) is 0 Å². The van der Waals surface area contributed by atoms with Gasteiger partial charge in [-0.2, -0.15) is 0 Å². The highest BCUT2D eigenvalue weighted by molar-refractivity contribution is 5.77. The number of ether oxygens (including phenoxy) is 1. The summed E-state index contributed by atoms with van der Waals surface area (Å²) in [4.78, 5) is 19.1. The van der Waals surface area contributed by atoms with Crippen LogP contribution in [-0.2, 0) is 11.3 Å². The summed E-state index contributed by atoms with van der Waals surface area (Å²) in [5.41, 5.74) is -0.180. The monoisotopic (exact) mass is 289 g/mol. The van der Waals surface area contributed by atoms with Crippen LogP contribution in [0.25, 0.3) is 10.9 Å². The molecule has 21 heavy (non-hydrogen) atoms. The van der Waals surface area contributed by atoms with Crippen LogP contribution < -0.4 is 10.9 Å². The second-order valence-electron chi connectivity index (χ2n) is 5.47. The van der Waals surface area contributed by atoms with Crippen LogP contribution in [-0.4, -0.2) is 40.4 Å². The van der Waals surface area contributed by atoms with Crippen molar-refractivity contribution in [3.05, 3.63) is 40.4 Å². The molecule has 1 aromatic heterocycles. The second kappa shape index (κ2) is 5.93. The Morgan fingerprint density at radius 2 is 2.10 bits per heavy atom. The lowest BCUT2D eigenvalue weighted by Crippen LogP contribution is -2.45. The number of aromatic amines is 1. The standard InChI is InChI=1S/C15H19N3O3/c19-14-11-3-1-2-4-12(11)17-13(18-14)9-16-10-15(20)5-7-21-8-6-15/h1-4,16,20H,5-10H2,(H,17,18,19). The third-order valence-corrected chi connectivity index (χ3v) is 3.83. The number of rotatable bonds is 4. The Labute approximate surface area is 122 Å². The minimum Gasteiger partial charge on any atom is -0.388 e. The molecule has 3 N–H and O–H groups in total. The van der Waals surface area contributed by atoms with E-state index in [4.69, 9.17) is 4.74 Å². The number of para-hydroxylation sites is 1. The van der Waals surface area contributed by atoms with Crippen molar-refractivity contribution >= 4 is 10.9 Å². The molecule has 0 spiro atoms. The molecule has 0 amide bonds. The molecule has 1 fully saturated rings. The van der Waals surface area contributed by atoms with Gasteiger partial charge in [0.2, 0.25) is 0 Å². The molecule has 2 aromatic rings. The third-order valence-electron chi connectivity index (χ3n) is 3.83. The van der Waals surface area contributed by atoms with E-state index in [0.717, 1.165) is 0 Å². The molecule has 1 aliphatic heterocycles. The molecular weight excluding hydrogens is 270 g/mol. The Bertz CT molecular complexity index is 677. The summed E-state index contributed by atoms with van der Waals surface area (Å²) in [5, 5.41) is 14.1. The van der Waals surface area contributed by atoms with Gasteiger partial charge in [-0.3, -0.25) is 4.79 Å². The van der Waals surface area contributed by atoms with Crippen LogP contribution in [0.4, 0.5) is 0 Å². The molecule has 1 aliphatic rings. The van der Waals surface area contributed by atoms with Crippen molar-refractivity contribution < 1.29 is 9.84 Å². The summed E-state index contributed by atoms with van der Waals surface area (Å²) >= 11 is 0. The zero-order chi connectivity index (χ0) is 14.7. The molecule has 112 valence electrons. The fourth-order valence-corrected chi connectivity index (χ4v) is 2.56. The van der Waals surface area contributed by atoms with E-state index < -0.39 is 5.60 Å². The number of H-pyrrole nitrogens is 1. The number of hydrogen-bond donors (Lipinski definition) is 3. The van der Waals surface area contributed by atoms with E-state index in [1.165, 1.54) is 0 Å². The fourth-order valence-electron chi connectivity index (χ4n) is 2.56. The van der Waals surface area contributed by atoms with Crippen molar-refractivity contribution in [2.24, 2.45) is 0 Å². The van der Waals surface area contributed by atoms with Crippen LogP contribution in [0, 0.1) is 0 Å². The molecule has 6 heteroatoms. The summed E-state index contributed by atoms with van der Waals surface area (Å²) in [6.07, 6.45) is 1.25. The van der Waals surface area contributed by atoms with Gasteiger partial charge in [0.1, 0.15) is 5.82 Å². The maximum atomic E-state index is 11.9. The van der Waals surface area contributed by atoms with E-state index >= 15 is 0 Å². The van der Waals surface area contributed by atoms with Gasteiger partial charge in [-0.1, -0.05) is 12.1 Å². The van der Waals surface area contributed by atoms with E-state index in [-0.39, 0.29) is 5.56 Å². The number of fused-ring (bicyclic) bond motifs is 1. The highest BCUT2D eigenvalue weighted by Crippen LogP contribution is 2.19. The van der Waals surface area contributed by atoms with Crippen molar-refractivity contribution in [1.82, 2.24) is 15.3 Å². The van der Waals surface area contributed by atoms with Gasteiger partial charge in [-0.25, -0.2) is 4.98 Å². The lowest BCUT2D eigenvalue weighted by Gasteiger charge is -2.32. The first-order valence-corrected chi connectivity index (χ1v) is 7.15. The number of nitrogens with zero attached hydrogens (tertiary/aromatic N) is 1. The number of aliphatic hydroxyl groups is 1. The molecular formula is C15H19N3O3. The van der Waals surface area contributed by atoms with Crippen molar-refractivity contribution in [3.8, 4) is 0 Å². The van der Waals surface area contributed by atoms with Gasteiger partial charge in [0.05, 0.1) is 23.0 Å². The number of aromatic nitrogens is 2. The highest BCUT2D eigenvalue weighted by Gasteiger charge is 2.29. The summed E-state index contributed by atoms with van der Waals surface area (Å²) in [6, 6.07) is 7.25. The van der Waals surface area contributed by atoms with E-state index in [1.807, 2.05) is 18.2 Å². The summed E-state index contributed by atoms with van der Waals surface area (Å²) in [7, 11) is 0. The zero-order valence-electron chi connectivity index (χ0n) is 11.8. The average molecular weight is 289 g/mol. The van der Waals surface area contributed by atoms with Crippen LogP contribution >= 0.6 is 0 Å². The van der Waals surface area contributed by atoms with Gasteiger partial charge in [-0.05, 0) is 12.1 Å². The molecule has 1 aromatic carbocycles. The summed E-state index contributed by atoms with van der Waals surface area (Å²) in [6.45, 7) is 2.06. The summed E-state index contributed by atoms with van der Waals surface area (Å²) < 4.78 is 5.25. The lowest BCUT2D eigenvalue weighted by molar-refractivity contribution is -0.0617. The van der Waals surface area contributed by atoms with Gasteiger partial charge in [-0.15, -0.1) is 0 Å². The quantitative estimate of drug-likeness (QED) is 0.765. The molecule has 0 saturated carbocycles. The van der Waals surface area contributed by atoms with E-state index in [9.17, 15) is 9.90 Å². The van der Waals surface area contributed by atoms with Crippen LogP contribution in [0.15, 0.2) is 29.1 Å². The Morgan fingerprint density at radius 1 is 1.33 bits per heavy atom. The number of benzene rings is 1. The predicted molar refractivity (Wildman–Crippen MR) is 79.1 cm³/mol. The normalized spacial score (nSPS) is 18.0. The highest BCUT2D eigenvalue weighted by atomic mass is 16.5. The van der Waals surface area contributed by atoms with Crippen LogP contribution in [0.3, 0.4) is 0 Å². The van der Waals surface area contributed by atoms with Crippen molar-refractivity contribution in [2.75, 3.05) is 19.8 Å². The van der Waals surface area contributed by atoms with Gasteiger partial charge in [0.15, 0.2) is 0 Å². The van der Waals surface area contributed by atoms with E-state index in [1.54, 1.807) is 6.07 Å². The van der Waals surface area contributed by atoms with Gasteiger partial charge in [0.25, 0.3) is 5.56 Å². The minimum absolute atomic E-state index is 0.137. The summed E-state index contributed by atoms with van der Waals surface area (Å²) in [5.74, 6) is 0.578. The first-order chi connectivity index (χ1) is 10.2. The number of hydrogen-bond acceptors (Lipinski definition) is 5. The van der Waals surface area contributed by atoms with E-state index in [2.05, 4.69) is 15.3 Å². The number of nitrogens with one attached hydrogen (secondary N) is 2. The first kappa shape index (κ1) is 14.2. The SMILES string of the molecule is O=c1[nH]c(CNCC2(O)CCOCC2)nc2ccccc12. The van der Waals surface area contributed by atoms with Crippen molar-refractivity contribution in [2.45, 2.75) is 25.0 Å². The Morgan fingerprint density at radius 3 is 2.90 bits per heavy atom. The Kier molecular flexibility index (Phi) is 4.01. The molecule has 1 saturated heterocycles. The average Bonchev–Trinajstić information content (AvgIpc) is 2.48. The fraction of sp³-hybridized carbons (Fsp3) is 0.467. The predicted octanol–water partition coefficient (Wildman–Crippen LogP) is 0.554. The first-order valence-electron chi connectivity index (χ1n) is 7.15. The molecule has 0 aliphatic carbocycles. The van der Waals surface area contributed by atoms with E-state index in [0.29, 0.717) is 55.9 Å². The van der Waals surface area contributed by atoms with Gasteiger partial charge >= 0.3 is 0 Å². The molecule has 2 heterocycles. The molecule has 0 atom stereocenters. The molecule has 0 radical (unpaired) electrons. The molecule has 3 rings (SSSR count). The van der Waals surface area contributed by atoms with Crippen molar-refractivity contribution in [3.63, 3.8) is 0 Å². The molecule has 6 nitrogen and oxygen atoms in total. The Hall–Kier alpha value is -1.76. The van der Waals surface area contributed by atoms with Crippen LogP contribution in [0.1, 0.15) is 18.7 Å². The topological polar surface area (TPSA) is 87.2 Å². The van der Waals surface area contributed by atoms with Crippen LogP contribution in [0.2, 0.25) is 0 Å². The maximum Gasteiger partial charge on any atom is 0.258 e. The second-order valence-corrected chi connectivity index (χ2v) is 5.47. The zero-order valence-corrected chi connectivity index (χ0v) is 11.8. The third kappa shape index (κ3) is 3.29. The molecule has 0 bridgehead atoms. The largest absolute Gasteiger partial charge is 0.388 e. The lowest BCUT2D eigenvalue weighted by atomic mass is 9.94. The van der Waals surface area contributed by atoms with Crippen molar-refractivity contribution in [1.29, 1.82) is 0 Å².